The van der Waals surface area contributed by atoms with E-state index in [0.29, 0.717) is 17.9 Å². The molecule has 0 saturated heterocycles. The molecule has 3 aromatic heterocycles. The van der Waals surface area contributed by atoms with E-state index in [-0.39, 0.29) is 16.3 Å². The number of benzene rings is 1. The van der Waals surface area contributed by atoms with Gasteiger partial charge in [0.15, 0.2) is 16.3 Å². The summed E-state index contributed by atoms with van der Waals surface area (Å²) in [5, 5.41) is 15.1. The molecule has 162 valence electrons. The molecule has 0 aliphatic carbocycles. The summed E-state index contributed by atoms with van der Waals surface area (Å²) in [5.74, 6) is 0.233. The molecule has 0 saturated carbocycles. The Morgan fingerprint density at radius 2 is 1.74 bits per heavy atom. The van der Waals surface area contributed by atoms with Crippen molar-refractivity contribution in [1.82, 2.24) is 34.3 Å². The molecule has 0 unspecified atom stereocenters. The van der Waals surface area contributed by atoms with E-state index < -0.39 is 11.9 Å². The highest BCUT2D eigenvalue weighted by molar-refractivity contribution is 7.71. The standard InChI is InChI=1S/C20H20F3N7S/c1-11-5-7-14(8-6-11)10-29-13(3)17(12(2)26-29)30-18(24-25-19(30)31)15-9-16(20(21,22)23)27-28(15)4/h5-9H,10H2,1-4H3,(H,25,31). The van der Waals surface area contributed by atoms with Gasteiger partial charge in [0.1, 0.15) is 5.69 Å². The maximum atomic E-state index is 13.1. The van der Waals surface area contributed by atoms with Gasteiger partial charge >= 0.3 is 6.18 Å². The van der Waals surface area contributed by atoms with Crippen molar-refractivity contribution in [3.05, 3.63) is 63.3 Å². The maximum absolute atomic E-state index is 13.1. The average molecular weight is 447 g/mol. The maximum Gasteiger partial charge on any atom is 0.435 e. The number of aromatic nitrogens is 7. The van der Waals surface area contributed by atoms with E-state index in [0.717, 1.165) is 22.0 Å². The lowest BCUT2D eigenvalue weighted by molar-refractivity contribution is -0.141. The fourth-order valence-electron chi connectivity index (χ4n) is 3.52. The van der Waals surface area contributed by atoms with Gasteiger partial charge in [-0.2, -0.15) is 28.5 Å². The molecule has 7 nitrogen and oxygen atoms in total. The molecule has 0 fully saturated rings. The van der Waals surface area contributed by atoms with E-state index in [1.165, 1.54) is 12.6 Å². The molecule has 1 aromatic carbocycles. The molecule has 0 amide bonds. The predicted molar refractivity (Wildman–Crippen MR) is 111 cm³/mol. The zero-order chi connectivity index (χ0) is 22.5. The first kappa shape index (κ1) is 21.0. The lowest BCUT2D eigenvalue weighted by Crippen LogP contribution is -2.07. The van der Waals surface area contributed by atoms with Gasteiger partial charge < -0.3 is 0 Å². The summed E-state index contributed by atoms with van der Waals surface area (Å²) in [6.07, 6.45) is -4.56. The van der Waals surface area contributed by atoms with Crippen LogP contribution in [-0.4, -0.2) is 34.3 Å². The second-order valence-corrected chi connectivity index (χ2v) is 7.77. The van der Waals surface area contributed by atoms with Crippen LogP contribution in [-0.2, 0) is 19.8 Å². The SMILES string of the molecule is Cc1ccc(Cn2nc(C)c(-n3c(-c4cc(C(F)(F)F)nn4C)n[nH]c3=S)c2C)cc1. The van der Waals surface area contributed by atoms with Crippen molar-refractivity contribution in [2.45, 2.75) is 33.5 Å². The van der Waals surface area contributed by atoms with Crippen molar-refractivity contribution in [2.24, 2.45) is 7.05 Å². The van der Waals surface area contributed by atoms with Crippen molar-refractivity contribution in [3.63, 3.8) is 0 Å². The van der Waals surface area contributed by atoms with Gasteiger partial charge in [-0.05, 0) is 44.6 Å². The predicted octanol–water partition coefficient (Wildman–Crippen LogP) is 4.52. The van der Waals surface area contributed by atoms with Crippen LogP contribution in [0.2, 0.25) is 0 Å². The first-order valence-corrected chi connectivity index (χ1v) is 9.86. The van der Waals surface area contributed by atoms with Crippen LogP contribution >= 0.6 is 12.2 Å². The second-order valence-electron chi connectivity index (χ2n) is 7.39. The summed E-state index contributed by atoms with van der Waals surface area (Å²) < 4.78 is 44.3. The molecule has 4 aromatic rings. The Balaban J connectivity index is 1.81. The summed E-state index contributed by atoms with van der Waals surface area (Å²) in [5.41, 5.74) is 3.62. The summed E-state index contributed by atoms with van der Waals surface area (Å²) in [6.45, 7) is 6.30. The minimum absolute atomic E-state index is 0.185. The molecule has 31 heavy (non-hydrogen) atoms. The lowest BCUT2D eigenvalue weighted by Gasteiger charge is -2.09. The number of alkyl halides is 3. The average Bonchev–Trinajstić information content (AvgIpc) is 3.33. The van der Waals surface area contributed by atoms with E-state index in [9.17, 15) is 13.2 Å². The van der Waals surface area contributed by atoms with Gasteiger partial charge in [0, 0.05) is 7.05 Å². The van der Waals surface area contributed by atoms with Crippen molar-refractivity contribution in [2.75, 3.05) is 0 Å². The van der Waals surface area contributed by atoms with Crippen LogP contribution in [0.4, 0.5) is 13.2 Å². The molecule has 0 radical (unpaired) electrons. The Kier molecular flexibility index (Phi) is 5.08. The van der Waals surface area contributed by atoms with Gasteiger partial charge in [0.2, 0.25) is 0 Å². The number of hydrogen-bond donors (Lipinski definition) is 1. The Morgan fingerprint density at radius 3 is 2.35 bits per heavy atom. The first-order chi connectivity index (χ1) is 14.6. The summed E-state index contributed by atoms with van der Waals surface area (Å²) >= 11 is 5.41. The molecule has 0 atom stereocenters. The Bertz CT molecular complexity index is 1310. The van der Waals surface area contributed by atoms with Gasteiger partial charge in [-0.1, -0.05) is 29.8 Å². The van der Waals surface area contributed by atoms with Crippen LogP contribution in [0.15, 0.2) is 30.3 Å². The van der Waals surface area contributed by atoms with Crippen LogP contribution in [0, 0.1) is 25.5 Å². The van der Waals surface area contributed by atoms with Crippen molar-refractivity contribution in [1.29, 1.82) is 0 Å². The normalized spacial score (nSPS) is 12.0. The molecule has 0 aliphatic rings. The number of nitrogens with zero attached hydrogens (tertiary/aromatic N) is 6. The number of aryl methyl sites for hydroxylation is 3. The highest BCUT2D eigenvalue weighted by atomic mass is 32.1. The number of nitrogens with one attached hydrogen (secondary N) is 1. The van der Waals surface area contributed by atoms with Crippen LogP contribution in [0.25, 0.3) is 17.2 Å². The van der Waals surface area contributed by atoms with Crippen LogP contribution in [0.3, 0.4) is 0 Å². The van der Waals surface area contributed by atoms with Crippen LogP contribution in [0.1, 0.15) is 28.2 Å². The molecule has 0 spiro atoms. The molecular formula is C20H20F3N7S. The minimum atomic E-state index is -4.56. The molecule has 0 bridgehead atoms. The fraction of sp³-hybridized carbons (Fsp3) is 0.300. The fourth-order valence-corrected chi connectivity index (χ4v) is 3.75. The Labute approximate surface area is 181 Å². The van der Waals surface area contributed by atoms with Gasteiger partial charge in [0.05, 0.1) is 23.6 Å². The third-order valence-corrected chi connectivity index (χ3v) is 5.37. The third-order valence-electron chi connectivity index (χ3n) is 5.09. The van der Waals surface area contributed by atoms with Gasteiger partial charge in [-0.3, -0.25) is 19.0 Å². The number of hydrogen-bond acceptors (Lipinski definition) is 4. The summed E-state index contributed by atoms with van der Waals surface area (Å²) in [4.78, 5) is 0. The zero-order valence-corrected chi connectivity index (χ0v) is 18.1. The molecule has 4 rings (SSSR count). The molecule has 11 heteroatoms. The highest BCUT2D eigenvalue weighted by Gasteiger charge is 2.35. The Morgan fingerprint density at radius 1 is 1.06 bits per heavy atom. The van der Waals surface area contributed by atoms with Gasteiger partial charge in [-0.25, -0.2) is 0 Å². The van der Waals surface area contributed by atoms with Crippen molar-refractivity contribution < 1.29 is 13.2 Å². The lowest BCUT2D eigenvalue weighted by atomic mass is 10.1. The van der Waals surface area contributed by atoms with Crippen molar-refractivity contribution in [3.8, 4) is 17.2 Å². The molecule has 0 aliphatic heterocycles. The minimum Gasteiger partial charge on any atom is -0.264 e. The Hall–Kier alpha value is -3.21. The summed E-state index contributed by atoms with van der Waals surface area (Å²) in [7, 11) is 1.44. The van der Waals surface area contributed by atoms with E-state index >= 15 is 0 Å². The smallest absolute Gasteiger partial charge is 0.264 e. The van der Waals surface area contributed by atoms with Crippen LogP contribution < -0.4 is 0 Å². The molecule has 3 heterocycles. The zero-order valence-electron chi connectivity index (χ0n) is 17.3. The largest absolute Gasteiger partial charge is 0.435 e. The van der Waals surface area contributed by atoms with E-state index in [4.69, 9.17) is 12.2 Å². The number of H-pyrrole nitrogens is 1. The monoisotopic (exact) mass is 447 g/mol. The molecule has 1 N–H and O–H groups in total. The van der Waals surface area contributed by atoms with Gasteiger partial charge in [0.25, 0.3) is 0 Å². The number of aromatic amines is 1. The molecular weight excluding hydrogens is 427 g/mol. The van der Waals surface area contributed by atoms with Crippen LogP contribution in [0.5, 0.6) is 0 Å². The highest BCUT2D eigenvalue weighted by Crippen LogP contribution is 2.32. The quantitative estimate of drug-likeness (QED) is 0.467. The third kappa shape index (κ3) is 3.80. The van der Waals surface area contributed by atoms with Gasteiger partial charge in [-0.15, -0.1) is 0 Å². The topological polar surface area (TPSA) is 69.2 Å². The number of halogens is 3. The first-order valence-electron chi connectivity index (χ1n) is 9.45. The summed E-state index contributed by atoms with van der Waals surface area (Å²) in [6, 6.07) is 9.10. The number of rotatable bonds is 4. The van der Waals surface area contributed by atoms with E-state index in [1.54, 1.807) is 4.57 Å². The van der Waals surface area contributed by atoms with E-state index in [2.05, 4.69) is 20.4 Å². The van der Waals surface area contributed by atoms with E-state index in [1.807, 2.05) is 49.7 Å². The second kappa shape index (κ2) is 7.49. The van der Waals surface area contributed by atoms with Crippen molar-refractivity contribution >= 4 is 12.2 Å².